The Kier molecular flexibility index (Phi) is 4.02. The predicted molar refractivity (Wildman–Crippen MR) is 111 cm³/mol. The molecule has 3 aromatic heterocycles. The van der Waals surface area contributed by atoms with Gasteiger partial charge < -0.3 is 20.3 Å². The molecule has 0 aliphatic carbocycles. The van der Waals surface area contributed by atoms with Crippen LogP contribution >= 0.6 is 0 Å². The molecule has 1 aliphatic heterocycles. The van der Waals surface area contributed by atoms with Gasteiger partial charge in [-0.3, -0.25) is 9.20 Å². The van der Waals surface area contributed by atoms with Crippen LogP contribution in [0.5, 0.6) is 0 Å². The Balaban J connectivity index is 1.76. The molecule has 5 rings (SSSR count). The van der Waals surface area contributed by atoms with Gasteiger partial charge in [0.15, 0.2) is 5.65 Å². The van der Waals surface area contributed by atoms with Crippen molar-refractivity contribution in [3.05, 3.63) is 48.5 Å². The lowest BCUT2D eigenvalue weighted by molar-refractivity contribution is -0.130. The van der Waals surface area contributed by atoms with Crippen molar-refractivity contribution in [2.24, 2.45) is 0 Å². The van der Waals surface area contributed by atoms with Gasteiger partial charge in [-0.25, -0.2) is 9.97 Å². The second-order valence-electron chi connectivity index (χ2n) is 7.41. The van der Waals surface area contributed by atoms with Gasteiger partial charge in [0.05, 0.1) is 35.1 Å². The Bertz CT molecular complexity index is 1210. The summed E-state index contributed by atoms with van der Waals surface area (Å²) in [5.74, 6) is 0.675. The van der Waals surface area contributed by atoms with Crippen molar-refractivity contribution in [2.75, 3.05) is 18.9 Å². The van der Waals surface area contributed by atoms with Crippen LogP contribution in [-0.2, 0) is 4.79 Å². The highest BCUT2D eigenvalue weighted by Crippen LogP contribution is 2.36. The zero-order valence-corrected chi connectivity index (χ0v) is 16.3. The number of aromatic amines is 1. The van der Waals surface area contributed by atoms with Crippen molar-refractivity contribution in [3.8, 4) is 11.3 Å². The molecule has 0 radical (unpaired) electrons. The third-order valence-corrected chi connectivity index (χ3v) is 5.63. The number of H-pyrrole nitrogens is 1. The quantitative estimate of drug-likeness (QED) is 0.499. The van der Waals surface area contributed by atoms with E-state index in [2.05, 4.69) is 19.7 Å². The third kappa shape index (κ3) is 2.75. The second-order valence-corrected chi connectivity index (χ2v) is 7.41. The van der Waals surface area contributed by atoms with Crippen LogP contribution < -0.4 is 5.32 Å². The molecule has 0 saturated carbocycles. The number of aliphatic hydroxyl groups excluding tert-OH is 1. The van der Waals surface area contributed by atoms with E-state index in [0.717, 1.165) is 39.4 Å². The van der Waals surface area contributed by atoms with E-state index in [1.165, 1.54) is 6.92 Å². The molecule has 1 saturated heterocycles. The van der Waals surface area contributed by atoms with E-state index in [1.807, 2.05) is 43.6 Å². The van der Waals surface area contributed by atoms with E-state index in [1.54, 1.807) is 11.1 Å². The first-order valence-electron chi connectivity index (χ1n) is 9.64. The second kappa shape index (κ2) is 6.59. The molecule has 8 nitrogen and oxygen atoms in total. The summed E-state index contributed by atoms with van der Waals surface area (Å²) in [6, 6.07) is 9.71. The molecular formula is C21H22N6O2. The average molecular weight is 390 g/mol. The number of nitrogens with one attached hydrogen (secondary N) is 2. The average Bonchev–Trinajstić information content (AvgIpc) is 3.43. The Labute approximate surface area is 167 Å². The van der Waals surface area contributed by atoms with Crippen molar-refractivity contribution in [1.82, 2.24) is 24.3 Å². The maximum absolute atomic E-state index is 12.2. The van der Waals surface area contributed by atoms with Gasteiger partial charge in [-0.1, -0.05) is 12.1 Å². The van der Waals surface area contributed by atoms with Crippen LogP contribution in [0.15, 0.2) is 42.7 Å². The molecule has 2 atom stereocenters. The normalized spacial score (nSPS) is 19.3. The number of hydrogen-bond acceptors (Lipinski definition) is 5. The standard InChI is InChI=1S/C21H22N6O2/c1-12(28)26-11-15(29)9-17(26)21-25-19(13-3-5-14(22-2)6-4-13)18-10-24-20-16(27(18)21)7-8-23-20/h3-8,10,15,17,22-23,29H,9,11H2,1-2H3. The van der Waals surface area contributed by atoms with E-state index >= 15 is 0 Å². The molecule has 4 heterocycles. The van der Waals surface area contributed by atoms with E-state index in [-0.39, 0.29) is 11.9 Å². The first kappa shape index (κ1) is 17.7. The van der Waals surface area contributed by atoms with Crippen LogP contribution in [-0.4, -0.2) is 55.0 Å². The molecule has 148 valence electrons. The minimum atomic E-state index is -0.557. The van der Waals surface area contributed by atoms with Crippen LogP contribution in [0.25, 0.3) is 27.9 Å². The van der Waals surface area contributed by atoms with E-state index in [9.17, 15) is 9.90 Å². The van der Waals surface area contributed by atoms with Crippen LogP contribution in [0.4, 0.5) is 5.69 Å². The summed E-state index contributed by atoms with van der Waals surface area (Å²) in [4.78, 5) is 26.6. The smallest absolute Gasteiger partial charge is 0.220 e. The molecule has 3 N–H and O–H groups in total. The number of amides is 1. The lowest BCUT2D eigenvalue weighted by Crippen LogP contribution is -2.30. The largest absolute Gasteiger partial charge is 0.391 e. The maximum atomic E-state index is 12.2. The summed E-state index contributed by atoms with van der Waals surface area (Å²) in [7, 11) is 1.88. The number of aliphatic hydroxyl groups is 1. The Morgan fingerprint density at radius 1 is 1.24 bits per heavy atom. The Morgan fingerprint density at radius 2 is 2.03 bits per heavy atom. The number of β-amino-alcohol motifs (C(OH)–C–C–N with tert-alkyl or cyclic N) is 1. The number of nitrogens with zero attached hydrogens (tertiary/aromatic N) is 4. The summed E-state index contributed by atoms with van der Waals surface area (Å²) in [6.45, 7) is 1.86. The molecule has 4 aromatic rings. The molecule has 0 bridgehead atoms. The van der Waals surface area contributed by atoms with Gasteiger partial charge >= 0.3 is 0 Å². The minimum Gasteiger partial charge on any atom is -0.391 e. The monoisotopic (exact) mass is 390 g/mol. The highest BCUT2D eigenvalue weighted by Gasteiger charge is 2.37. The fourth-order valence-electron chi connectivity index (χ4n) is 4.22. The van der Waals surface area contributed by atoms with Crippen molar-refractivity contribution >= 4 is 28.3 Å². The number of likely N-dealkylation sites (tertiary alicyclic amines) is 1. The van der Waals surface area contributed by atoms with Crippen LogP contribution in [0, 0.1) is 0 Å². The number of hydrogen-bond donors (Lipinski definition) is 3. The number of benzene rings is 1. The third-order valence-electron chi connectivity index (χ3n) is 5.63. The van der Waals surface area contributed by atoms with Gasteiger partial charge in [-0.2, -0.15) is 0 Å². The van der Waals surface area contributed by atoms with Gasteiger partial charge in [-0.05, 0) is 18.2 Å². The first-order valence-corrected chi connectivity index (χ1v) is 9.64. The molecule has 2 unspecified atom stereocenters. The van der Waals surface area contributed by atoms with Crippen LogP contribution in [0.1, 0.15) is 25.2 Å². The van der Waals surface area contributed by atoms with E-state index < -0.39 is 6.10 Å². The fourth-order valence-corrected chi connectivity index (χ4v) is 4.22. The molecule has 1 amide bonds. The molecular weight excluding hydrogens is 368 g/mol. The Hall–Kier alpha value is -3.39. The number of anilines is 1. The number of carbonyl (C=O) groups excluding carboxylic acids is 1. The fraction of sp³-hybridized carbons (Fsp3) is 0.286. The van der Waals surface area contributed by atoms with Crippen LogP contribution in [0.2, 0.25) is 0 Å². The SMILES string of the molecule is CNc1ccc(-c2nc(C3CC(O)CN3C(C)=O)n3c2cnc2[nH]ccc23)cc1. The summed E-state index contributed by atoms with van der Waals surface area (Å²) >= 11 is 0. The van der Waals surface area contributed by atoms with Crippen molar-refractivity contribution < 1.29 is 9.90 Å². The highest BCUT2D eigenvalue weighted by molar-refractivity contribution is 5.85. The lowest BCUT2D eigenvalue weighted by Gasteiger charge is -2.22. The van der Waals surface area contributed by atoms with Crippen LogP contribution in [0.3, 0.4) is 0 Å². The first-order chi connectivity index (χ1) is 14.1. The van der Waals surface area contributed by atoms with E-state index in [0.29, 0.717) is 13.0 Å². The molecule has 29 heavy (non-hydrogen) atoms. The number of aromatic nitrogens is 4. The van der Waals surface area contributed by atoms with Gasteiger partial charge in [0.2, 0.25) is 5.91 Å². The zero-order valence-electron chi connectivity index (χ0n) is 16.3. The number of carbonyl (C=O) groups is 1. The number of rotatable bonds is 3. The number of imidazole rings is 1. The molecule has 8 heteroatoms. The van der Waals surface area contributed by atoms with Crippen molar-refractivity contribution in [3.63, 3.8) is 0 Å². The zero-order chi connectivity index (χ0) is 20.1. The molecule has 1 aromatic carbocycles. The summed E-state index contributed by atoms with van der Waals surface area (Å²) in [5.41, 5.74) is 5.31. The minimum absolute atomic E-state index is 0.0670. The molecule has 0 spiro atoms. The van der Waals surface area contributed by atoms with Crippen molar-refractivity contribution in [1.29, 1.82) is 0 Å². The van der Waals surface area contributed by atoms with Gasteiger partial charge in [0.25, 0.3) is 0 Å². The summed E-state index contributed by atoms with van der Waals surface area (Å²) in [6.07, 6.45) is 3.55. The summed E-state index contributed by atoms with van der Waals surface area (Å²) < 4.78 is 2.05. The molecule has 1 aliphatic rings. The van der Waals surface area contributed by atoms with Crippen molar-refractivity contribution in [2.45, 2.75) is 25.5 Å². The van der Waals surface area contributed by atoms with Gasteiger partial charge in [0, 0.05) is 44.4 Å². The molecule has 1 fully saturated rings. The van der Waals surface area contributed by atoms with Gasteiger partial charge in [-0.15, -0.1) is 0 Å². The summed E-state index contributed by atoms with van der Waals surface area (Å²) in [5, 5.41) is 13.4. The predicted octanol–water partition coefficient (Wildman–Crippen LogP) is 2.57. The number of fused-ring (bicyclic) bond motifs is 3. The lowest BCUT2D eigenvalue weighted by atomic mass is 10.1. The maximum Gasteiger partial charge on any atom is 0.220 e. The topological polar surface area (TPSA) is 98.6 Å². The van der Waals surface area contributed by atoms with Gasteiger partial charge in [0.1, 0.15) is 5.82 Å². The Morgan fingerprint density at radius 3 is 2.76 bits per heavy atom. The highest BCUT2D eigenvalue weighted by atomic mass is 16.3. The van der Waals surface area contributed by atoms with E-state index in [4.69, 9.17) is 4.98 Å².